The topological polar surface area (TPSA) is 70.1 Å². The minimum Gasteiger partial charge on any atom is -0.507 e. The number of hydrogen-bond donors (Lipinski definition) is 1. The van der Waals surface area contributed by atoms with E-state index in [0.717, 1.165) is 24.2 Å². The number of ketones is 1. The summed E-state index contributed by atoms with van der Waals surface area (Å²) in [6.07, 6.45) is 0. The van der Waals surface area contributed by atoms with E-state index in [1.807, 2.05) is 25.1 Å². The van der Waals surface area contributed by atoms with Gasteiger partial charge in [-0.25, -0.2) is 0 Å². The minimum atomic E-state index is -0.708. The number of aryl methyl sites for hydroxylation is 1. The fourth-order valence-electron chi connectivity index (χ4n) is 4.72. The van der Waals surface area contributed by atoms with Crippen LogP contribution in [0.1, 0.15) is 42.1 Å². The van der Waals surface area contributed by atoms with Crippen LogP contribution in [0.15, 0.2) is 78.4 Å². The van der Waals surface area contributed by atoms with Crippen LogP contribution in [0.5, 0.6) is 5.75 Å². The molecule has 1 fully saturated rings. The molecule has 0 aliphatic carbocycles. The number of carbonyl (C=O) groups is 2. The zero-order valence-corrected chi connectivity index (χ0v) is 22.7. The van der Waals surface area contributed by atoms with E-state index >= 15 is 0 Å². The molecule has 198 valence electrons. The van der Waals surface area contributed by atoms with Gasteiger partial charge >= 0.3 is 0 Å². The third kappa shape index (κ3) is 6.09. The molecule has 3 aromatic carbocycles. The second kappa shape index (κ2) is 12.3. The van der Waals surface area contributed by atoms with E-state index in [2.05, 4.69) is 24.8 Å². The van der Waals surface area contributed by atoms with Crippen LogP contribution in [0.2, 0.25) is 5.02 Å². The molecule has 1 aliphatic rings. The number of aliphatic hydroxyl groups is 1. The monoisotopic (exact) mass is 532 g/mol. The number of likely N-dealkylation sites (tertiary alicyclic amines) is 1. The van der Waals surface area contributed by atoms with Gasteiger partial charge in [0.2, 0.25) is 0 Å². The second-order valence-electron chi connectivity index (χ2n) is 9.37. The molecule has 1 atom stereocenters. The number of benzene rings is 3. The van der Waals surface area contributed by atoms with E-state index in [1.165, 1.54) is 0 Å². The number of Topliss-reactive ketones (excluding diaryl/α,β-unsaturated/α-hetero) is 1. The summed E-state index contributed by atoms with van der Waals surface area (Å²) in [7, 11) is 0. The highest BCUT2D eigenvalue weighted by Gasteiger charge is 2.45. The van der Waals surface area contributed by atoms with Crippen LogP contribution in [0.25, 0.3) is 5.76 Å². The molecule has 38 heavy (non-hydrogen) atoms. The first-order chi connectivity index (χ1) is 18.3. The summed E-state index contributed by atoms with van der Waals surface area (Å²) in [5.41, 5.74) is 3.45. The van der Waals surface area contributed by atoms with Gasteiger partial charge in [0.1, 0.15) is 18.1 Å². The molecule has 0 unspecified atom stereocenters. The van der Waals surface area contributed by atoms with Crippen LogP contribution >= 0.6 is 11.6 Å². The first-order valence-electron chi connectivity index (χ1n) is 12.9. The Morgan fingerprint density at radius 1 is 1.00 bits per heavy atom. The summed E-state index contributed by atoms with van der Waals surface area (Å²) < 4.78 is 5.90. The summed E-state index contributed by atoms with van der Waals surface area (Å²) in [6.45, 7) is 9.23. The quantitative estimate of drug-likeness (QED) is 0.197. The van der Waals surface area contributed by atoms with E-state index in [0.29, 0.717) is 41.6 Å². The normalized spacial score (nSPS) is 16.9. The Labute approximate surface area is 229 Å². The van der Waals surface area contributed by atoms with Crippen molar-refractivity contribution in [2.45, 2.75) is 33.4 Å². The molecule has 1 N–H and O–H groups in total. The average Bonchev–Trinajstić information content (AvgIpc) is 3.18. The lowest BCUT2D eigenvalue weighted by molar-refractivity contribution is -0.140. The predicted octanol–water partition coefficient (Wildman–Crippen LogP) is 5.99. The first-order valence-corrected chi connectivity index (χ1v) is 13.2. The molecule has 1 aliphatic heterocycles. The molecule has 0 aromatic heterocycles. The van der Waals surface area contributed by atoms with Crippen molar-refractivity contribution < 1.29 is 19.4 Å². The molecule has 1 heterocycles. The fraction of sp³-hybridized carbons (Fsp3) is 0.290. The summed E-state index contributed by atoms with van der Waals surface area (Å²) >= 11 is 6.11. The third-order valence-corrected chi connectivity index (χ3v) is 7.14. The Hall–Kier alpha value is -3.61. The molecule has 0 saturated carbocycles. The van der Waals surface area contributed by atoms with Crippen molar-refractivity contribution in [3.8, 4) is 5.75 Å². The van der Waals surface area contributed by atoms with Gasteiger partial charge in [0.05, 0.1) is 11.6 Å². The van der Waals surface area contributed by atoms with E-state index in [4.69, 9.17) is 16.3 Å². The van der Waals surface area contributed by atoms with E-state index in [-0.39, 0.29) is 11.3 Å². The predicted molar refractivity (Wildman–Crippen MR) is 150 cm³/mol. The molecular formula is C31H33ClN2O4. The molecule has 7 heteroatoms. The largest absolute Gasteiger partial charge is 0.507 e. The van der Waals surface area contributed by atoms with Gasteiger partial charge in [-0.1, -0.05) is 67.4 Å². The van der Waals surface area contributed by atoms with Gasteiger partial charge in [0, 0.05) is 23.7 Å². The average molecular weight is 533 g/mol. The maximum atomic E-state index is 13.2. The van der Waals surface area contributed by atoms with Crippen LogP contribution < -0.4 is 4.74 Å². The number of hydrogen-bond acceptors (Lipinski definition) is 5. The lowest BCUT2D eigenvalue weighted by atomic mass is 9.95. The fourth-order valence-corrected chi connectivity index (χ4v) is 4.85. The zero-order chi connectivity index (χ0) is 27.2. The van der Waals surface area contributed by atoms with E-state index in [1.54, 1.807) is 53.4 Å². The van der Waals surface area contributed by atoms with Crippen LogP contribution in [0.4, 0.5) is 0 Å². The Morgan fingerprint density at radius 2 is 1.68 bits per heavy atom. The van der Waals surface area contributed by atoms with Crippen molar-refractivity contribution in [1.82, 2.24) is 9.80 Å². The molecule has 6 nitrogen and oxygen atoms in total. The standard InChI is InChI=1S/C31H33ClN2O4/c1-4-33(5-2)17-18-34-28(23-9-13-25(32)14-10-23)27(30(36)31(34)37)29(35)24-11-15-26(16-12-24)38-20-22-8-6-7-21(3)19-22/h6-16,19,28,35H,4-5,17-18,20H2,1-3H3/t28-/m0/s1. The van der Waals surface area contributed by atoms with Crippen molar-refractivity contribution in [1.29, 1.82) is 0 Å². The SMILES string of the molecule is CCN(CC)CCN1C(=O)C(=O)C(=C(O)c2ccc(OCc3cccc(C)c3)cc2)[C@@H]1c1ccc(Cl)cc1. The van der Waals surface area contributed by atoms with Crippen molar-refractivity contribution in [2.75, 3.05) is 26.2 Å². The lowest BCUT2D eigenvalue weighted by Gasteiger charge is -2.28. The van der Waals surface area contributed by atoms with Crippen molar-refractivity contribution in [3.05, 3.63) is 106 Å². The molecule has 0 radical (unpaired) electrons. The van der Waals surface area contributed by atoms with Gasteiger partial charge in [0.25, 0.3) is 11.7 Å². The lowest BCUT2D eigenvalue weighted by Crippen LogP contribution is -2.38. The van der Waals surface area contributed by atoms with Gasteiger partial charge in [-0.15, -0.1) is 0 Å². The molecule has 0 spiro atoms. The van der Waals surface area contributed by atoms with Crippen molar-refractivity contribution in [3.63, 3.8) is 0 Å². The van der Waals surface area contributed by atoms with E-state index < -0.39 is 17.7 Å². The molecule has 4 rings (SSSR count). The molecule has 3 aromatic rings. The van der Waals surface area contributed by atoms with Crippen molar-refractivity contribution in [2.24, 2.45) is 0 Å². The number of likely N-dealkylation sites (N-methyl/N-ethyl adjacent to an activating group) is 1. The smallest absolute Gasteiger partial charge is 0.295 e. The zero-order valence-electron chi connectivity index (χ0n) is 22.0. The Morgan fingerprint density at radius 3 is 2.32 bits per heavy atom. The van der Waals surface area contributed by atoms with Gasteiger partial charge < -0.3 is 19.6 Å². The van der Waals surface area contributed by atoms with E-state index in [9.17, 15) is 14.7 Å². The highest BCUT2D eigenvalue weighted by atomic mass is 35.5. The first kappa shape index (κ1) is 27.4. The van der Waals surface area contributed by atoms with Crippen molar-refractivity contribution >= 4 is 29.1 Å². The highest BCUT2D eigenvalue weighted by molar-refractivity contribution is 6.46. The van der Waals surface area contributed by atoms with Crippen LogP contribution in [0, 0.1) is 6.92 Å². The number of rotatable bonds is 10. The van der Waals surface area contributed by atoms with Crippen LogP contribution in [0.3, 0.4) is 0 Å². The molecular weight excluding hydrogens is 500 g/mol. The number of carbonyl (C=O) groups excluding carboxylic acids is 2. The molecule has 0 bridgehead atoms. The maximum Gasteiger partial charge on any atom is 0.295 e. The van der Waals surface area contributed by atoms with Crippen LogP contribution in [-0.2, 0) is 16.2 Å². The number of ether oxygens (including phenoxy) is 1. The van der Waals surface area contributed by atoms with Gasteiger partial charge in [0.15, 0.2) is 0 Å². The van der Waals surface area contributed by atoms with Gasteiger partial charge in [-0.2, -0.15) is 0 Å². The molecule has 1 saturated heterocycles. The number of aliphatic hydroxyl groups excluding tert-OH is 1. The Bertz CT molecular complexity index is 1310. The number of nitrogens with zero attached hydrogens (tertiary/aromatic N) is 2. The van der Waals surface area contributed by atoms with Gasteiger partial charge in [-0.3, -0.25) is 9.59 Å². The summed E-state index contributed by atoms with van der Waals surface area (Å²) in [4.78, 5) is 30.1. The maximum absolute atomic E-state index is 13.2. The van der Waals surface area contributed by atoms with Gasteiger partial charge in [-0.05, 0) is 67.5 Å². The third-order valence-electron chi connectivity index (χ3n) is 6.89. The number of amides is 1. The molecule has 1 amide bonds. The van der Waals surface area contributed by atoms with Crippen LogP contribution in [-0.4, -0.2) is 52.8 Å². The minimum absolute atomic E-state index is 0.0744. The number of halogens is 1. The summed E-state index contributed by atoms with van der Waals surface area (Å²) in [5.74, 6) is -0.880. The summed E-state index contributed by atoms with van der Waals surface area (Å²) in [5, 5.41) is 11.9. The summed E-state index contributed by atoms with van der Waals surface area (Å²) in [6, 6.07) is 21.3. The Balaban J connectivity index is 1.63. The highest BCUT2D eigenvalue weighted by Crippen LogP contribution is 2.39. The Kier molecular flexibility index (Phi) is 8.87. The second-order valence-corrected chi connectivity index (χ2v) is 9.81.